The number of piperazine rings is 1. The van der Waals surface area contributed by atoms with Gasteiger partial charge < -0.3 is 25.4 Å². The first-order valence-electron chi connectivity index (χ1n) is 10.9. The summed E-state index contributed by atoms with van der Waals surface area (Å²) < 4.78 is 10.9. The Morgan fingerprint density at radius 3 is 2.56 bits per heavy atom. The van der Waals surface area contributed by atoms with E-state index in [1.165, 1.54) is 16.7 Å². The zero-order valence-electron chi connectivity index (χ0n) is 18.5. The summed E-state index contributed by atoms with van der Waals surface area (Å²) in [5, 5.41) is 3.35. The summed E-state index contributed by atoms with van der Waals surface area (Å²) in [6, 6.07) is 12.4. The van der Waals surface area contributed by atoms with Crippen LogP contribution in [0.25, 0.3) is 0 Å². The minimum Gasteiger partial charge on any atom is -0.454 e. The Hall–Kier alpha value is -3.52. The van der Waals surface area contributed by atoms with Gasteiger partial charge in [-0.1, -0.05) is 12.1 Å². The average Bonchev–Trinajstić information content (AvgIpc) is 3.26. The first kappa shape index (κ1) is 20.4. The summed E-state index contributed by atoms with van der Waals surface area (Å²) in [4.78, 5) is 13.5. The van der Waals surface area contributed by atoms with E-state index in [2.05, 4.69) is 63.2 Å². The minimum atomic E-state index is 0.304. The Morgan fingerprint density at radius 2 is 1.75 bits per heavy atom. The molecule has 3 aromatic rings. The lowest BCUT2D eigenvalue weighted by atomic mass is 10.1. The third kappa shape index (κ3) is 4.13. The smallest absolute Gasteiger partial charge is 0.231 e. The molecule has 2 aliphatic rings. The topological polar surface area (TPSA) is 88.8 Å². The first-order chi connectivity index (χ1) is 15.6. The number of nitrogens with zero attached hydrogens (tertiary/aromatic N) is 4. The van der Waals surface area contributed by atoms with E-state index in [0.29, 0.717) is 18.3 Å². The van der Waals surface area contributed by atoms with Crippen LogP contribution < -0.4 is 25.4 Å². The largest absolute Gasteiger partial charge is 0.454 e. The van der Waals surface area contributed by atoms with Crippen LogP contribution in [0.15, 0.2) is 42.7 Å². The zero-order valence-corrected chi connectivity index (χ0v) is 18.5. The van der Waals surface area contributed by atoms with Gasteiger partial charge >= 0.3 is 0 Å². The lowest BCUT2D eigenvalue weighted by Crippen LogP contribution is -2.46. The predicted molar refractivity (Wildman–Crippen MR) is 126 cm³/mol. The van der Waals surface area contributed by atoms with Crippen molar-refractivity contribution >= 4 is 23.0 Å². The molecule has 0 radical (unpaired) electrons. The van der Waals surface area contributed by atoms with Crippen molar-refractivity contribution in [3.05, 3.63) is 59.4 Å². The van der Waals surface area contributed by atoms with Gasteiger partial charge in [0.15, 0.2) is 23.1 Å². The second-order valence-corrected chi connectivity index (χ2v) is 8.33. The summed E-state index contributed by atoms with van der Waals surface area (Å²) in [6.45, 7) is 8.95. The highest BCUT2D eigenvalue weighted by Gasteiger charge is 2.22. The van der Waals surface area contributed by atoms with E-state index >= 15 is 0 Å². The molecule has 0 saturated carbocycles. The molecule has 0 unspecified atom stereocenters. The lowest BCUT2D eigenvalue weighted by molar-refractivity contribution is 0.174. The monoisotopic (exact) mass is 432 g/mol. The molecule has 3 heterocycles. The van der Waals surface area contributed by atoms with Crippen LogP contribution in [-0.2, 0) is 6.54 Å². The fourth-order valence-electron chi connectivity index (χ4n) is 4.11. The molecule has 0 spiro atoms. The summed E-state index contributed by atoms with van der Waals surface area (Å²) in [6.07, 6.45) is 1.58. The molecule has 1 saturated heterocycles. The molecule has 0 atom stereocenters. The maximum Gasteiger partial charge on any atom is 0.231 e. The number of nitrogens with two attached hydrogens (primary N) is 1. The number of nitrogens with one attached hydrogen (secondary N) is 1. The highest BCUT2D eigenvalue weighted by molar-refractivity contribution is 5.78. The number of ether oxygens (including phenoxy) is 2. The number of aryl methyl sites for hydroxylation is 2. The third-order valence-corrected chi connectivity index (χ3v) is 6.15. The van der Waals surface area contributed by atoms with E-state index in [4.69, 9.17) is 15.2 Å². The van der Waals surface area contributed by atoms with E-state index in [1.807, 2.05) is 12.1 Å². The van der Waals surface area contributed by atoms with Crippen molar-refractivity contribution in [2.75, 3.05) is 48.9 Å². The Morgan fingerprint density at radius 1 is 0.938 bits per heavy atom. The molecule has 8 heteroatoms. The molecular weight excluding hydrogens is 404 g/mol. The van der Waals surface area contributed by atoms with Gasteiger partial charge in [0.1, 0.15) is 12.0 Å². The number of rotatable bonds is 5. The van der Waals surface area contributed by atoms with Crippen molar-refractivity contribution in [2.24, 2.45) is 0 Å². The van der Waals surface area contributed by atoms with E-state index in [0.717, 1.165) is 55.7 Å². The van der Waals surface area contributed by atoms with Crippen molar-refractivity contribution in [1.29, 1.82) is 0 Å². The predicted octanol–water partition coefficient (Wildman–Crippen LogP) is 3.47. The molecule has 0 bridgehead atoms. The van der Waals surface area contributed by atoms with Gasteiger partial charge in [-0.05, 0) is 54.8 Å². The van der Waals surface area contributed by atoms with E-state index in [9.17, 15) is 0 Å². The van der Waals surface area contributed by atoms with Crippen LogP contribution in [0, 0.1) is 13.8 Å². The Kier molecular flexibility index (Phi) is 5.45. The molecule has 0 amide bonds. The molecule has 8 nitrogen and oxygen atoms in total. The highest BCUT2D eigenvalue weighted by Crippen LogP contribution is 2.33. The fourth-order valence-corrected chi connectivity index (χ4v) is 4.11. The Labute approximate surface area is 188 Å². The number of anilines is 4. The minimum absolute atomic E-state index is 0.304. The molecule has 32 heavy (non-hydrogen) atoms. The van der Waals surface area contributed by atoms with Gasteiger partial charge in [-0.25, -0.2) is 9.97 Å². The molecule has 2 aliphatic heterocycles. The van der Waals surface area contributed by atoms with Gasteiger partial charge in [-0.2, -0.15) is 0 Å². The van der Waals surface area contributed by atoms with Crippen LogP contribution in [0.4, 0.5) is 23.0 Å². The molecule has 1 fully saturated rings. The Balaban J connectivity index is 1.23. The Bertz CT molecular complexity index is 1130. The van der Waals surface area contributed by atoms with Crippen molar-refractivity contribution in [2.45, 2.75) is 20.4 Å². The second-order valence-electron chi connectivity index (χ2n) is 8.33. The van der Waals surface area contributed by atoms with Gasteiger partial charge in [-0.3, -0.25) is 4.90 Å². The summed E-state index contributed by atoms with van der Waals surface area (Å²) in [7, 11) is 0. The van der Waals surface area contributed by atoms with Crippen LogP contribution >= 0.6 is 0 Å². The van der Waals surface area contributed by atoms with Crippen LogP contribution in [0.2, 0.25) is 0 Å². The van der Waals surface area contributed by atoms with Crippen LogP contribution in [0.3, 0.4) is 0 Å². The van der Waals surface area contributed by atoms with Crippen LogP contribution in [-0.4, -0.2) is 47.8 Å². The van der Waals surface area contributed by atoms with Crippen molar-refractivity contribution in [3.8, 4) is 11.5 Å². The molecule has 0 aliphatic carbocycles. The standard InChI is InChI=1S/C24H28N6O2/c1-16-3-5-19(11-17(16)2)28-23-22(25)24(27-14-26-23)30-9-7-29(8-10-30)13-18-4-6-20-21(12-18)32-15-31-20/h3-6,11-12,14H,7-10,13,15,25H2,1-2H3,(H,26,27,28). The number of fused-ring (bicyclic) bond motifs is 1. The van der Waals surface area contributed by atoms with E-state index in [1.54, 1.807) is 6.33 Å². The molecule has 3 N–H and O–H groups in total. The van der Waals surface area contributed by atoms with Crippen molar-refractivity contribution < 1.29 is 9.47 Å². The number of benzene rings is 2. The maximum atomic E-state index is 6.47. The van der Waals surface area contributed by atoms with E-state index in [-0.39, 0.29) is 0 Å². The highest BCUT2D eigenvalue weighted by atomic mass is 16.7. The lowest BCUT2D eigenvalue weighted by Gasteiger charge is -2.36. The first-order valence-corrected chi connectivity index (χ1v) is 10.9. The second kappa shape index (κ2) is 8.55. The van der Waals surface area contributed by atoms with Gasteiger partial charge in [0.05, 0.1) is 0 Å². The quantitative estimate of drug-likeness (QED) is 0.634. The summed E-state index contributed by atoms with van der Waals surface area (Å²) in [5.74, 6) is 3.08. The molecule has 2 aromatic carbocycles. The van der Waals surface area contributed by atoms with Crippen LogP contribution in [0.1, 0.15) is 16.7 Å². The fraction of sp³-hybridized carbons (Fsp3) is 0.333. The summed E-state index contributed by atoms with van der Waals surface area (Å²) in [5.41, 5.74) is 11.7. The molecular formula is C24H28N6O2. The SMILES string of the molecule is Cc1ccc(Nc2ncnc(N3CCN(Cc4ccc5c(c4)OCO5)CC3)c2N)cc1C. The third-order valence-electron chi connectivity index (χ3n) is 6.15. The molecule has 166 valence electrons. The zero-order chi connectivity index (χ0) is 22.1. The average molecular weight is 433 g/mol. The number of nitrogen functional groups attached to an aromatic ring is 1. The van der Waals surface area contributed by atoms with Gasteiger partial charge in [0.25, 0.3) is 0 Å². The van der Waals surface area contributed by atoms with Crippen molar-refractivity contribution in [1.82, 2.24) is 14.9 Å². The van der Waals surface area contributed by atoms with Gasteiger partial charge in [-0.15, -0.1) is 0 Å². The van der Waals surface area contributed by atoms with E-state index < -0.39 is 0 Å². The summed E-state index contributed by atoms with van der Waals surface area (Å²) >= 11 is 0. The normalized spacial score (nSPS) is 15.8. The number of hydrogen-bond donors (Lipinski definition) is 2. The van der Waals surface area contributed by atoms with Gasteiger partial charge in [0, 0.05) is 38.4 Å². The van der Waals surface area contributed by atoms with Crippen LogP contribution in [0.5, 0.6) is 11.5 Å². The van der Waals surface area contributed by atoms with Gasteiger partial charge in [0.2, 0.25) is 6.79 Å². The molecule has 1 aromatic heterocycles. The maximum absolute atomic E-state index is 6.47. The number of hydrogen-bond acceptors (Lipinski definition) is 8. The number of aromatic nitrogens is 2. The molecule has 5 rings (SSSR count). The van der Waals surface area contributed by atoms with Crippen molar-refractivity contribution in [3.63, 3.8) is 0 Å².